The largest absolute Gasteiger partial charge is 0.494 e. The Hall–Kier alpha value is -4.50. The summed E-state index contributed by atoms with van der Waals surface area (Å²) in [6.45, 7) is 7.90. The van der Waals surface area contributed by atoms with Crippen LogP contribution in [0.2, 0.25) is 0 Å². The third-order valence-corrected chi connectivity index (χ3v) is 7.78. The number of benzene rings is 1. The maximum absolute atomic E-state index is 13.6. The number of rotatable bonds is 18. The van der Waals surface area contributed by atoms with Crippen LogP contribution < -0.4 is 20.1 Å². The molecule has 0 saturated heterocycles. The van der Waals surface area contributed by atoms with Gasteiger partial charge in [0.1, 0.15) is 23.9 Å². The maximum Gasteiger partial charge on any atom is 0.257 e. The van der Waals surface area contributed by atoms with Crippen LogP contribution >= 0.6 is 0 Å². The molecule has 0 fully saturated rings. The minimum Gasteiger partial charge on any atom is -0.494 e. The zero-order valence-electron chi connectivity index (χ0n) is 27.6. The van der Waals surface area contributed by atoms with E-state index in [2.05, 4.69) is 20.7 Å². The lowest BCUT2D eigenvalue weighted by atomic mass is 10.0. The number of aromatic nitrogens is 5. The highest BCUT2D eigenvalue weighted by molar-refractivity contribution is 6.06. The first kappa shape index (κ1) is 33.9. The molecule has 1 aromatic carbocycles. The molecule has 2 N–H and O–H groups in total. The topological polar surface area (TPSA) is 145 Å². The summed E-state index contributed by atoms with van der Waals surface area (Å²) in [7, 11) is 4.87. The van der Waals surface area contributed by atoms with Crippen molar-refractivity contribution in [2.24, 2.45) is 0 Å². The number of aryl methyl sites for hydroxylation is 2. The second-order valence-electron chi connectivity index (χ2n) is 10.9. The molecular weight excluding hydrogens is 606 g/mol. The van der Waals surface area contributed by atoms with Crippen LogP contribution in [0.4, 0.5) is 17.3 Å². The van der Waals surface area contributed by atoms with Gasteiger partial charge in [-0.3, -0.25) is 9.48 Å². The standard InChI is InChI=1S/C33H43N7O7/c1-22-30(23(2)40(38-22)12-13-45-17-18-46-16-14-42-3)36-32(41)26-10-11-39-28(26)9-6-24-21-34-33(37-31(24)39)35-27-8-7-25(20-29(27)44-5)47-19-15-43-4/h7-8,10-11,20-21H,6,9,12-19H2,1-5H3,(H,36,41)(H,34,35,37). The predicted molar refractivity (Wildman–Crippen MR) is 176 cm³/mol. The molecular formula is C33H43N7O7. The normalized spacial score (nSPS) is 12.0. The summed E-state index contributed by atoms with van der Waals surface area (Å²) in [6, 6.07) is 7.33. The molecule has 3 aromatic heterocycles. The maximum atomic E-state index is 13.6. The molecule has 14 heteroatoms. The van der Waals surface area contributed by atoms with Gasteiger partial charge in [-0.15, -0.1) is 0 Å². The van der Waals surface area contributed by atoms with E-state index in [9.17, 15) is 4.79 Å². The molecule has 1 aliphatic rings. The van der Waals surface area contributed by atoms with E-state index >= 15 is 0 Å². The number of hydrogen-bond donors (Lipinski definition) is 2. The highest BCUT2D eigenvalue weighted by atomic mass is 16.5. The zero-order valence-corrected chi connectivity index (χ0v) is 27.6. The molecule has 47 heavy (non-hydrogen) atoms. The Morgan fingerprint density at radius 1 is 0.936 bits per heavy atom. The Bertz CT molecular complexity index is 1650. The molecule has 0 spiro atoms. The quantitative estimate of drug-likeness (QED) is 0.152. The van der Waals surface area contributed by atoms with Gasteiger partial charge in [0.05, 0.1) is 81.6 Å². The number of nitrogens with zero attached hydrogens (tertiary/aromatic N) is 5. The van der Waals surface area contributed by atoms with Crippen LogP contribution in [0.3, 0.4) is 0 Å². The fraction of sp³-hybridized carbons (Fsp3) is 0.455. The average Bonchev–Trinajstić information content (AvgIpc) is 3.63. The van der Waals surface area contributed by atoms with Crippen molar-refractivity contribution in [3.63, 3.8) is 0 Å². The minimum atomic E-state index is -0.192. The number of carbonyl (C=O) groups is 1. The lowest BCUT2D eigenvalue weighted by Crippen LogP contribution is -2.20. The molecule has 0 saturated carbocycles. The average molecular weight is 650 g/mol. The van der Waals surface area contributed by atoms with Gasteiger partial charge in [-0.1, -0.05) is 0 Å². The molecule has 5 rings (SSSR count). The van der Waals surface area contributed by atoms with E-state index in [1.807, 2.05) is 53.7 Å². The Morgan fingerprint density at radius 3 is 2.49 bits per heavy atom. The number of methoxy groups -OCH3 is 3. The molecule has 0 unspecified atom stereocenters. The first-order valence-corrected chi connectivity index (χ1v) is 15.6. The van der Waals surface area contributed by atoms with Crippen LogP contribution in [-0.2, 0) is 38.3 Å². The van der Waals surface area contributed by atoms with Gasteiger partial charge in [0.2, 0.25) is 5.95 Å². The van der Waals surface area contributed by atoms with Gasteiger partial charge in [0.15, 0.2) is 0 Å². The summed E-state index contributed by atoms with van der Waals surface area (Å²) in [5.41, 5.74) is 5.48. The summed E-state index contributed by atoms with van der Waals surface area (Å²) in [6.07, 6.45) is 5.09. The fourth-order valence-corrected chi connectivity index (χ4v) is 5.34. The van der Waals surface area contributed by atoms with Crippen molar-refractivity contribution in [3.8, 4) is 17.3 Å². The number of carbonyl (C=O) groups excluding carboxylic acids is 1. The molecule has 1 amide bonds. The van der Waals surface area contributed by atoms with Crippen LogP contribution in [0.25, 0.3) is 5.82 Å². The third-order valence-electron chi connectivity index (χ3n) is 7.78. The Kier molecular flexibility index (Phi) is 11.8. The van der Waals surface area contributed by atoms with E-state index in [0.717, 1.165) is 28.5 Å². The molecule has 14 nitrogen and oxygen atoms in total. The minimum absolute atomic E-state index is 0.192. The van der Waals surface area contributed by atoms with E-state index in [-0.39, 0.29) is 5.91 Å². The molecule has 0 aliphatic carbocycles. The van der Waals surface area contributed by atoms with Crippen molar-refractivity contribution >= 4 is 23.2 Å². The molecule has 0 bridgehead atoms. The van der Waals surface area contributed by atoms with Crippen LogP contribution in [0.1, 0.15) is 33.0 Å². The van der Waals surface area contributed by atoms with Crippen molar-refractivity contribution < 1.29 is 33.2 Å². The Labute approximate surface area is 274 Å². The fourth-order valence-electron chi connectivity index (χ4n) is 5.34. The summed E-state index contributed by atoms with van der Waals surface area (Å²) < 4.78 is 36.2. The summed E-state index contributed by atoms with van der Waals surface area (Å²) >= 11 is 0. The van der Waals surface area contributed by atoms with Gasteiger partial charge in [-0.2, -0.15) is 10.1 Å². The van der Waals surface area contributed by atoms with Gasteiger partial charge >= 0.3 is 0 Å². The molecule has 4 heterocycles. The summed E-state index contributed by atoms with van der Waals surface area (Å²) in [4.78, 5) is 22.9. The highest BCUT2D eigenvalue weighted by Gasteiger charge is 2.25. The number of hydrogen-bond acceptors (Lipinski definition) is 11. The van der Waals surface area contributed by atoms with Gasteiger partial charge in [-0.25, -0.2) is 4.98 Å². The van der Waals surface area contributed by atoms with Gasteiger partial charge in [0.25, 0.3) is 5.91 Å². The van der Waals surface area contributed by atoms with Crippen molar-refractivity contribution in [1.82, 2.24) is 24.3 Å². The number of nitrogens with one attached hydrogen (secondary N) is 2. The van der Waals surface area contributed by atoms with Crippen molar-refractivity contribution in [2.75, 3.05) is 78.2 Å². The second-order valence-corrected chi connectivity index (χ2v) is 10.9. The van der Waals surface area contributed by atoms with Gasteiger partial charge in [0, 0.05) is 43.9 Å². The second kappa shape index (κ2) is 16.4. The molecule has 0 radical (unpaired) electrons. The number of amides is 1. The van der Waals surface area contributed by atoms with Crippen molar-refractivity contribution in [1.29, 1.82) is 0 Å². The predicted octanol–water partition coefficient (Wildman–Crippen LogP) is 3.89. The van der Waals surface area contributed by atoms with Gasteiger partial charge in [-0.05, 0) is 44.9 Å². The van der Waals surface area contributed by atoms with Crippen molar-refractivity contribution in [2.45, 2.75) is 33.2 Å². The van der Waals surface area contributed by atoms with E-state index in [1.54, 1.807) is 27.4 Å². The number of fused-ring (bicyclic) bond motifs is 3. The molecule has 252 valence electrons. The van der Waals surface area contributed by atoms with Crippen LogP contribution in [0.5, 0.6) is 11.5 Å². The van der Waals surface area contributed by atoms with Gasteiger partial charge < -0.3 is 43.6 Å². The van der Waals surface area contributed by atoms with E-state index in [4.69, 9.17) is 33.4 Å². The molecule has 4 aromatic rings. The number of ether oxygens (including phenoxy) is 6. The van der Waals surface area contributed by atoms with E-state index in [0.29, 0.717) is 100 Å². The van der Waals surface area contributed by atoms with E-state index in [1.165, 1.54) is 0 Å². The third kappa shape index (κ3) is 8.27. The van der Waals surface area contributed by atoms with Crippen LogP contribution in [0, 0.1) is 13.8 Å². The number of anilines is 3. The smallest absolute Gasteiger partial charge is 0.257 e. The molecule has 0 atom stereocenters. The summed E-state index contributed by atoms with van der Waals surface area (Å²) in [5, 5.41) is 11.0. The van der Waals surface area contributed by atoms with Crippen molar-refractivity contribution in [3.05, 3.63) is 64.9 Å². The zero-order chi connectivity index (χ0) is 33.2. The highest BCUT2D eigenvalue weighted by Crippen LogP contribution is 2.33. The first-order chi connectivity index (χ1) is 22.9. The molecule has 1 aliphatic heterocycles. The summed E-state index contributed by atoms with van der Waals surface area (Å²) in [5.74, 6) is 2.20. The lowest BCUT2D eigenvalue weighted by Gasteiger charge is -2.20. The van der Waals surface area contributed by atoms with Crippen LogP contribution in [-0.4, -0.2) is 97.8 Å². The monoisotopic (exact) mass is 649 g/mol. The van der Waals surface area contributed by atoms with E-state index < -0.39 is 0 Å². The SMILES string of the molecule is COCCOCCOCCn1nc(C)c(NC(=O)c2ccn3c2CCc2cnc(Nc4ccc(OCCOC)cc4OC)nc2-3)c1C. The first-order valence-electron chi connectivity index (χ1n) is 15.6. The Balaban J connectivity index is 1.24. The van der Waals surface area contributed by atoms with Crippen LogP contribution in [0.15, 0.2) is 36.7 Å². The Morgan fingerprint density at radius 2 is 1.70 bits per heavy atom. The lowest BCUT2D eigenvalue weighted by molar-refractivity contribution is 0.0224.